The van der Waals surface area contributed by atoms with E-state index < -0.39 is 0 Å². The van der Waals surface area contributed by atoms with Gasteiger partial charge in [0.1, 0.15) is 11.9 Å². The highest BCUT2D eigenvalue weighted by molar-refractivity contribution is 5.89. The van der Waals surface area contributed by atoms with Crippen molar-refractivity contribution in [2.75, 3.05) is 4.90 Å². The van der Waals surface area contributed by atoms with Crippen molar-refractivity contribution in [2.24, 2.45) is 0 Å². The molecule has 0 fully saturated rings. The van der Waals surface area contributed by atoms with Gasteiger partial charge in [0.2, 0.25) is 0 Å². The summed E-state index contributed by atoms with van der Waals surface area (Å²) in [4.78, 5) is 2.44. The average molecular weight is 750 g/mol. The van der Waals surface area contributed by atoms with Crippen LogP contribution in [0.15, 0.2) is 205 Å². The van der Waals surface area contributed by atoms with Crippen LogP contribution in [0.1, 0.15) is 61.8 Å². The standard InChI is InChI=1S/C56H47NO/c1-4-15-41(36-38-16-6-5-7-17-38)43-19-12-18-42(37-43)39-28-32-44(33-29-39)57(51-25-14-27-53-54(51)49-21-9-11-26-52(49)58-53)45-34-30-40(31-35-45)46-22-13-23-48-47-20-8-10-24-50(47)56(2,3)55(46)48/h5-16,18-37,53-54H,4,17H2,1-3H3/b38-36-,41-15+/t53-,54?/m1/s1. The van der Waals surface area contributed by atoms with E-state index in [1.54, 1.807) is 0 Å². The number of allylic oxidation sites excluding steroid dienone is 10. The summed E-state index contributed by atoms with van der Waals surface area (Å²) in [5.74, 6) is 1.03. The molecule has 0 aromatic heterocycles. The highest BCUT2D eigenvalue weighted by Crippen LogP contribution is 2.53. The quantitative estimate of drug-likeness (QED) is 0.154. The summed E-state index contributed by atoms with van der Waals surface area (Å²) in [6.45, 7) is 6.94. The summed E-state index contributed by atoms with van der Waals surface area (Å²) in [5.41, 5.74) is 18.8. The first-order chi connectivity index (χ1) is 28.5. The molecule has 1 unspecified atom stereocenters. The van der Waals surface area contributed by atoms with Crippen molar-refractivity contribution >= 4 is 16.9 Å². The van der Waals surface area contributed by atoms with Gasteiger partial charge in [-0.3, -0.25) is 0 Å². The third kappa shape index (κ3) is 6.21. The first-order valence-electron chi connectivity index (χ1n) is 20.7. The monoisotopic (exact) mass is 749 g/mol. The maximum atomic E-state index is 6.53. The predicted molar refractivity (Wildman–Crippen MR) is 244 cm³/mol. The van der Waals surface area contributed by atoms with E-state index in [0.29, 0.717) is 0 Å². The third-order valence-corrected chi connectivity index (χ3v) is 12.3. The molecule has 1 heterocycles. The third-order valence-electron chi connectivity index (χ3n) is 12.3. The fourth-order valence-electron chi connectivity index (χ4n) is 9.62. The van der Waals surface area contributed by atoms with Crippen LogP contribution < -0.4 is 9.64 Å². The zero-order valence-electron chi connectivity index (χ0n) is 33.4. The molecule has 0 amide bonds. The summed E-state index contributed by atoms with van der Waals surface area (Å²) in [7, 11) is 0. The molecule has 6 aromatic carbocycles. The van der Waals surface area contributed by atoms with E-state index in [2.05, 4.69) is 220 Å². The molecule has 2 heteroatoms. The molecule has 0 spiro atoms. The molecule has 282 valence electrons. The molecule has 0 N–H and O–H groups in total. The summed E-state index contributed by atoms with van der Waals surface area (Å²) < 4.78 is 6.53. The second-order valence-corrected chi connectivity index (χ2v) is 16.3. The molecule has 2 atom stereocenters. The minimum atomic E-state index is -0.0893. The Morgan fingerprint density at radius 2 is 1.43 bits per heavy atom. The molecule has 0 radical (unpaired) electrons. The Labute approximate surface area is 343 Å². The van der Waals surface area contributed by atoms with Crippen molar-refractivity contribution in [3.8, 4) is 39.1 Å². The molecule has 10 rings (SSSR count). The molecule has 6 aromatic rings. The fourth-order valence-corrected chi connectivity index (χ4v) is 9.62. The number of nitrogens with zero attached hydrogens (tertiary/aromatic N) is 1. The smallest absolute Gasteiger partial charge is 0.130 e. The van der Waals surface area contributed by atoms with Crippen molar-refractivity contribution in [2.45, 2.75) is 51.0 Å². The molecule has 0 bridgehead atoms. The Morgan fingerprint density at radius 1 is 0.707 bits per heavy atom. The number of ether oxygens (including phenoxy) is 1. The Morgan fingerprint density at radius 3 is 2.22 bits per heavy atom. The van der Waals surface area contributed by atoms with E-state index in [1.807, 2.05) is 0 Å². The maximum absolute atomic E-state index is 6.53. The molecule has 1 aliphatic heterocycles. The van der Waals surface area contributed by atoms with Crippen LogP contribution in [-0.4, -0.2) is 6.10 Å². The molecule has 0 saturated carbocycles. The lowest BCUT2D eigenvalue weighted by Crippen LogP contribution is -2.29. The van der Waals surface area contributed by atoms with Gasteiger partial charge in [0.05, 0.1) is 5.92 Å². The van der Waals surface area contributed by atoms with Crippen molar-refractivity contribution in [3.63, 3.8) is 0 Å². The fraction of sp³-hybridized carbons (Fsp3) is 0.143. The van der Waals surface area contributed by atoms with Crippen LogP contribution in [0, 0.1) is 0 Å². The Bertz CT molecular complexity index is 2730. The van der Waals surface area contributed by atoms with E-state index in [4.69, 9.17) is 4.74 Å². The van der Waals surface area contributed by atoms with E-state index in [9.17, 15) is 0 Å². The van der Waals surface area contributed by atoms with Crippen molar-refractivity contribution in [3.05, 3.63) is 228 Å². The van der Waals surface area contributed by atoms with Gasteiger partial charge >= 0.3 is 0 Å². The Balaban J connectivity index is 1.03. The van der Waals surface area contributed by atoms with Gasteiger partial charge in [-0.2, -0.15) is 0 Å². The largest absolute Gasteiger partial charge is 0.485 e. The summed E-state index contributed by atoms with van der Waals surface area (Å²) in [6, 6.07) is 51.5. The molecule has 4 aliphatic rings. The zero-order chi connectivity index (χ0) is 39.2. The van der Waals surface area contributed by atoms with Crippen LogP contribution in [0.4, 0.5) is 11.4 Å². The first kappa shape index (κ1) is 35.8. The average Bonchev–Trinajstić information content (AvgIpc) is 3.77. The van der Waals surface area contributed by atoms with Crippen molar-refractivity contribution in [1.82, 2.24) is 0 Å². The molecule has 2 nitrogen and oxygen atoms in total. The van der Waals surface area contributed by atoms with Gasteiger partial charge in [-0.25, -0.2) is 0 Å². The summed E-state index contributed by atoms with van der Waals surface area (Å²) in [5, 5.41) is 0. The molecular formula is C56H47NO. The van der Waals surface area contributed by atoms with Gasteiger partial charge in [0, 0.05) is 28.1 Å². The SMILES string of the molecule is CC/C=C(\C=C1\C=CC=CC1)c1cccc(-c2ccc(N(C3=CC=C[C@H]4Oc5ccccc5C34)c3ccc(-c4cccc5c4C(C)(C)c4ccccc4-5)cc3)cc2)c1. The highest BCUT2D eigenvalue weighted by atomic mass is 16.5. The maximum Gasteiger partial charge on any atom is 0.130 e. The van der Waals surface area contributed by atoms with Crippen LogP contribution in [0.25, 0.3) is 39.0 Å². The lowest BCUT2D eigenvalue weighted by molar-refractivity contribution is 0.264. The van der Waals surface area contributed by atoms with Crippen LogP contribution in [0.3, 0.4) is 0 Å². The second-order valence-electron chi connectivity index (χ2n) is 16.3. The zero-order valence-corrected chi connectivity index (χ0v) is 33.4. The van der Waals surface area contributed by atoms with E-state index in [0.717, 1.165) is 30.0 Å². The number of fused-ring (bicyclic) bond motifs is 6. The van der Waals surface area contributed by atoms with E-state index in [-0.39, 0.29) is 17.4 Å². The second kappa shape index (κ2) is 14.7. The van der Waals surface area contributed by atoms with Crippen LogP contribution in [-0.2, 0) is 5.41 Å². The van der Waals surface area contributed by atoms with Gasteiger partial charge in [-0.15, -0.1) is 0 Å². The first-order valence-corrected chi connectivity index (χ1v) is 20.7. The normalized spacial score (nSPS) is 18.9. The van der Waals surface area contributed by atoms with Gasteiger partial charge in [0.25, 0.3) is 0 Å². The predicted octanol–water partition coefficient (Wildman–Crippen LogP) is 14.7. The van der Waals surface area contributed by atoms with Crippen molar-refractivity contribution in [1.29, 1.82) is 0 Å². The van der Waals surface area contributed by atoms with Gasteiger partial charge in [-0.05, 0) is 123 Å². The summed E-state index contributed by atoms with van der Waals surface area (Å²) in [6.07, 6.45) is 21.9. The van der Waals surface area contributed by atoms with Gasteiger partial charge in [-0.1, -0.05) is 166 Å². The number of anilines is 2. The number of para-hydroxylation sites is 1. The molecule has 3 aliphatic carbocycles. The van der Waals surface area contributed by atoms with Gasteiger partial charge in [0.15, 0.2) is 0 Å². The van der Waals surface area contributed by atoms with Crippen molar-refractivity contribution < 1.29 is 4.74 Å². The minimum Gasteiger partial charge on any atom is -0.485 e. The highest BCUT2D eigenvalue weighted by Gasteiger charge is 2.40. The topological polar surface area (TPSA) is 12.5 Å². The number of benzene rings is 6. The Hall–Kier alpha value is -6.64. The number of hydrogen-bond acceptors (Lipinski definition) is 2. The van der Waals surface area contributed by atoms with Gasteiger partial charge < -0.3 is 9.64 Å². The number of hydrogen-bond donors (Lipinski definition) is 0. The lowest BCUT2D eigenvalue weighted by Gasteiger charge is -2.34. The molecule has 0 saturated heterocycles. The minimum absolute atomic E-state index is 0.0579. The van der Waals surface area contributed by atoms with Crippen LogP contribution in [0.5, 0.6) is 5.75 Å². The summed E-state index contributed by atoms with van der Waals surface area (Å²) >= 11 is 0. The van der Waals surface area contributed by atoms with Crippen LogP contribution in [0.2, 0.25) is 0 Å². The molecule has 58 heavy (non-hydrogen) atoms. The Kier molecular flexibility index (Phi) is 9.06. The van der Waals surface area contributed by atoms with Crippen LogP contribution >= 0.6 is 0 Å². The molecular weight excluding hydrogens is 703 g/mol. The van der Waals surface area contributed by atoms with E-state index >= 15 is 0 Å². The lowest BCUT2D eigenvalue weighted by atomic mass is 9.79. The van der Waals surface area contributed by atoms with E-state index in [1.165, 1.54) is 72.5 Å². The number of rotatable bonds is 8.